The number of aromatic amines is 1. The normalized spacial score (nSPS) is 18.2. The molecule has 2 aromatic rings. The summed E-state index contributed by atoms with van der Waals surface area (Å²) >= 11 is 0. The standard InChI is InChI=1S/C20H30N4O2/c1-23(12-8-16-6-7-18(25-2)19(13-16)26-3)17-5-4-11-24(14-17)15-20-21-9-10-22-20/h6-7,9-10,13,17H,4-5,8,11-12,14-15H2,1-3H3,(H,21,22)/t17-/m1/s1. The largest absolute Gasteiger partial charge is 0.493 e. The maximum atomic E-state index is 5.41. The minimum atomic E-state index is 0.596. The van der Waals surface area contributed by atoms with Gasteiger partial charge in [0.1, 0.15) is 5.82 Å². The van der Waals surface area contributed by atoms with E-state index in [9.17, 15) is 0 Å². The molecular formula is C20H30N4O2. The molecular weight excluding hydrogens is 328 g/mol. The van der Waals surface area contributed by atoms with Crippen molar-refractivity contribution in [2.45, 2.75) is 31.8 Å². The van der Waals surface area contributed by atoms with E-state index in [0.717, 1.165) is 49.9 Å². The van der Waals surface area contributed by atoms with Crippen LogP contribution in [0.3, 0.4) is 0 Å². The summed E-state index contributed by atoms with van der Waals surface area (Å²) in [5.41, 5.74) is 1.28. The Kier molecular flexibility index (Phi) is 6.52. The lowest BCUT2D eigenvalue weighted by Gasteiger charge is -2.37. The number of ether oxygens (including phenoxy) is 2. The zero-order chi connectivity index (χ0) is 18.4. The molecule has 26 heavy (non-hydrogen) atoms. The monoisotopic (exact) mass is 358 g/mol. The third-order valence-electron chi connectivity index (χ3n) is 5.23. The third-order valence-corrected chi connectivity index (χ3v) is 5.23. The summed E-state index contributed by atoms with van der Waals surface area (Å²) in [5, 5.41) is 0. The van der Waals surface area contributed by atoms with Crippen LogP contribution in [0.4, 0.5) is 0 Å². The van der Waals surface area contributed by atoms with Gasteiger partial charge in [-0.25, -0.2) is 4.98 Å². The smallest absolute Gasteiger partial charge is 0.160 e. The van der Waals surface area contributed by atoms with Gasteiger partial charge in [-0.1, -0.05) is 6.07 Å². The van der Waals surface area contributed by atoms with E-state index in [1.807, 2.05) is 18.5 Å². The van der Waals surface area contributed by atoms with E-state index in [4.69, 9.17) is 9.47 Å². The van der Waals surface area contributed by atoms with Crippen LogP contribution in [-0.2, 0) is 13.0 Å². The quantitative estimate of drug-likeness (QED) is 0.786. The fourth-order valence-corrected chi connectivity index (χ4v) is 3.65. The number of hydrogen-bond acceptors (Lipinski definition) is 5. The van der Waals surface area contributed by atoms with E-state index >= 15 is 0 Å². The molecule has 1 aromatic heterocycles. The average molecular weight is 358 g/mol. The summed E-state index contributed by atoms with van der Waals surface area (Å²) in [6.45, 7) is 4.20. The number of nitrogens with zero attached hydrogens (tertiary/aromatic N) is 3. The molecule has 0 unspecified atom stereocenters. The van der Waals surface area contributed by atoms with Gasteiger partial charge in [-0.05, 0) is 50.6 Å². The number of H-pyrrole nitrogens is 1. The van der Waals surface area contributed by atoms with Crippen LogP contribution >= 0.6 is 0 Å². The Bertz CT molecular complexity index is 674. The second-order valence-corrected chi connectivity index (χ2v) is 6.99. The van der Waals surface area contributed by atoms with Gasteiger partial charge < -0.3 is 19.4 Å². The molecule has 0 amide bonds. The number of benzene rings is 1. The van der Waals surface area contributed by atoms with Gasteiger partial charge in [0.05, 0.1) is 20.8 Å². The molecule has 1 N–H and O–H groups in total. The summed E-state index contributed by atoms with van der Waals surface area (Å²) in [4.78, 5) is 12.6. The summed E-state index contributed by atoms with van der Waals surface area (Å²) in [7, 11) is 5.59. The highest BCUT2D eigenvalue weighted by atomic mass is 16.5. The number of likely N-dealkylation sites (tertiary alicyclic amines) is 1. The van der Waals surface area contributed by atoms with E-state index in [1.165, 1.54) is 18.4 Å². The van der Waals surface area contributed by atoms with Crippen molar-refractivity contribution in [3.63, 3.8) is 0 Å². The fraction of sp³-hybridized carbons (Fsp3) is 0.550. The molecule has 1 aliphatic heterocycles. The maximum absolute atomic E-state index is 5.41. The highest BCUT2D eigenvalue weighted by molar-refractivity contribution is 5.42. The van der Waals surface area contributed by atoms with Gasteiger partial charge in [-0.3, -0.25) is 4.90 Å². The summed E-state index contributed by atoms with van der Waals surface area (Å²) in [6, 6.07) is 6.79. The van der Waals surface area contributed by atoms with Gasteiger partial charge in [0, 0.05) is 31.5 Å². The first-order chi connectivity index (χ1) is 12.7. The molecule has 6 nitrogen and oxygen atoms in total. The Morgan fingerprint density at radius 3 is 2.85 bits per heavy atom. The van der Waals surface area contributed by atoms with Gasteiger partial charge in [0.15, 0.2) is 11.5 Å². The zero-order valence-electron chi connectivity index (χ0n) is 16.1. The maximum Gasteiger partial charge on any atom is 0.160 e. The lowest BCUT2D eigenvalue weighted by atomic mass is 10.0. The van der Waals surface area contributed by atoms with Crippen LogP contribution in [-0.4, -0.2) is 66.7 Å². The minimum Gasteiger partial charge on any atom is -0.493 e. The van der Waals surface area contributed by atoms with E-state index in [1.54, 1.807) is 14.2 Å². The van der Waals surface area contributed by atoms with Crippen LogP contribution in [0.1, 0.15) is 24.2 Å². The van der Waals surface area contributed by atoms with Crippen molar-refractivity contribution in [1.82, 2.24) is 19.8 Å². The number of nitrogens with one attached hydrogen (secondary N) is 1. The van der Waals surface area contributed by atoms with Crippen molar-refractivity contribution in [2.75, 3.05) is 40.9 Å². The Morgan fingerprint density at radius 1 is 1.27 bits per heavy atom. The molecule has 1 fully saturated rings. The average Bonchev–Trinajstić information content (AvgIpc) is 3.19. The van der Waals surface area contributed by atoms with E-state index in [-0.39, 0.29) is 0 Å². The Hall–Kier alpha value is -2.05. The summed E-state index contributed by atoms with van der Waals surface area (Å²) < 4.78 is 10.7. The molecule has 0 spiro atoms. The van der Waals surface area contributed by atoms with E-state index in [2.05, 4.69) is 38.9 Å². The molecule has 2 heterocycles. The van der Waals surface area contributed by atoms with Crippen molar-refractivity contribution >= 4 is 0 Å². The number of piperidine rings is 1. The molecule has 1 saturated heterocycles. The number of methoxy groups -OCH3 is 2. The van der Waals surface area contributed by atoms with Crippen LogP contribution in [0.15, 0.2) is 30.6 Å². The highest BCUT2D eigenvalue weighted by Gasteiger charge is 2.23. The molecule has 1 atom stereocenters. The lowest BCUT2D eigenvalue weighted by Crippen LogP contribution is -2.46. The van der Waals surface area contributed by atoms with Gasteiger partial charge in [0.25, 0.3) is 0 Å². The van der Waals surface area contributed by atoms with Crippen molar-refractivity contribution in [3.8, 4) is 11.5 Å². The van der Waals surface area contributed by atoms with Crippen LogP contribution in [0.2, 0.25) is 0 Å². The second kappa shape index (κ2) is 9.05. The van der Waals surface area contributed by atoms with Gasteiger partial charge in [-0.15, -0.1) is 0 Å². The van der Waals surface area contributed by atoms with Crippen molar-refractivity contribution < 1.29 is 9.47 Å². The first kappa shape index (κ1) is 18.7. The number of imidazole rings is 1. The second-order valence-electron chi connectivity index (χ2n) is 6.99. The van der Waals surface area contributed by atoms with Gasteiger partial charge in [-0.2, -0.15) is 0 Å². The molecule has 0 radical (unpaired) electrons. The lowest BCUT2D eigenvalue weighted by molar-refractivity contribution is 0.110. The molecule has 6 heteroatoms. The molecule has 1 aromatic carbocycles. The van der Waals surface area contributed by atoms with Gasteiger partial charge in [0.2, 0.25) is 0 Å². The first-order valence-corrected chi connectivity index (χ1v) is 9.31. The number of hydrogen-bond donors (Lipinski definition) is 1. The van der Waals surface area contributed by atoms with Crippen LogP contribution in [0, 0.1) is 0 Å². The predicted octanol–water partition coefficient (Wildman–Crippen LogP) is 2.57. The summed E-state index contributed by atoms with van der Waals surface area (Å²) in [6.07, 6.45) is 7.23. The number of likely N-dealkylation sites (N-methyl/N-ethyl adjacent to an activating group) is 1. The van der Waals surface area contributed by atoms with Crippen LogP contribution in [0.5, 0.6) is 11.5 Å². The Morgan fingerprint density at radius 2 is 2.12 bits per heavy atom. The minimum absolute atomic E-state index is 0.596. The first-order valence-electron chi connectivity index (χ1n) is 9.31. The third kappa shape index (κ3) is 4.77. The van der Waals surface area contributed by atoms with Crippen LogP contribution in [0.25, 0.3) is 0 Å². The highest BCUT2D eigenvalue weighted by Crippen LogP contribution is 2.28. The van der Waals surface area contributed by atoms with Gasteiger partial charge >= 0.3 is 0 Å². The molecule has 142 valence electrons. The molecule has 0 bridgehead atoms. The summed E-state index contributed by atoms with van der Waals surface area (Å²) in [5.74, 6) is 2.64. The number of aromatic nitrogens is 2. The van der Waals surface area contributed by atoms with Crippen molar-refractivity contribution in [2.24, 2.45) is 0 Å². The topological polar surface area (TPSA) is 53.6 Å². The Balaban J connectivity index is 1.52. The Labute approximate surface area is 156 Å². The van der Waals surface area contributed by atoms with E-state index in [0.29, 0.717) is 6.04 Å². The number of rotatable bonds is 8. The van der Waals surface area contributed by atoms with Crippen LogP contribution < -0.4 is 9.47 Å². The van der Waals surface area contributed by atoms with E-state index < -0.39 is 0 Å². The van der Waals surface area contributed by atoms with Crippen molar-refractivity contribution in [1.29, 1.82) is 0 Å². The predicted molar refractivity (Wildman–Crippen MR) is 103 cm³/mol. The fourth-order valence-electron chi connectivity index (χ4n) is 3.65. The van der Waals surface area contributed by atoms with Crippen molar-refractivity contribution in [3.05, 3.63) is 42.0 Å². The molecule has 1 aliphatic rings. The molecule has 0 saturated carbocycles. The zero-order valence-corrected chi connectivity index (χ0v) is 16.1. The molecule has 0 aliphatic carbocycles. The molecule has 3 rings (SSSR count). The SMILES string of the molecule is COc1ccc(CCN(C)[C@@H]2CCCN(Cc3ncc[nH]3)C2)cc1OC.